The van der Waals surface area contributed by atoms with Crippen molar-refractivity contribution in [3.63, 3.8) is 0 Å². The van der Waals surface area contributed by atoms with Crippen molar-refractivity contribution in [2.75, 3.05) is 6.54 Å². The fourth-order valence-corrected chi connectivity index (χ4v) is 2.89. The molecule has 0 radical (unpaired) electrons. The van der Waals surface area contributed by atoms with Crippen LogP contribution in [0.2, 0.25) is 0 Å². The first-order valence-corrected chi connectivity index (χ1v) is 7.81. The van der Waals surface area contributed by atoms with Gasteiger partial charge in [-0.25, -0.2) is 0 Å². The number of rotatable bonds is 4. The Morgan fingerprint density at radius 3 is 2.70 bits per heavy atom. The molecule has 1 aliphatic carbocycles. The van der Waals surface area contributed by atoms with Crippen LogP contribution in [0, 0.1) is 0 Å². The monoisotopic (exact) mass is 337 g/mol. The molecule has 3 nitrogen and oxygen atoms in total. The van der Waals surface area contributed by atoms with E-state index < -0.39 is 5.60 Å². The van der Waals surface area contributed by atoms with Crippen molar-refractivity contribution in [3.05, 3.63) is 40.4 Å². The third kappa shape index (κ3) is 4.46. The Balaban J connectivity index is 1.85. The summed E-state index contributed by atoms with van der Waals surface area (Å²) in [6.45, 7) is 0.339. The lowest BCUT2D eigenvalue weighted by Gasteiger charge is -2.31. The van der Waals surface area contributed by atoms with E-state index in [0.29, 0.717) is 6.54 Å². The van der Waals surface area contributed by atoms with E-state index in [1.807, 2.05) is 24.3 Å². The Morgan fingerprint density at radius 1 is 1.30 bits per heavy atom. The lowest BCUT2D eigenvalue weighted by atomic mass is 9.85. The number of amides is 1. The second-order valence-corrected chi connectivity index (χ2v) is 6.21. The average Bonchev–Trinajstić information content (AvgIpc) is 2.45. The summed E-state index contributed by atoms with van der Waals surface area (Å²) in [4.78, 5) is 11.8. The van der Waals surface area contributed by atoms with Crippen LogP contribution in [0.3, 0.4) is 0 Å². The minimum atomic E-state index is -0.713. The number of hydrogen-bond donors (Lipinski definition) is 2. The van der Waals surface area contributed by atoms with Crippen LogP contribution in [0.15, 0.2) is 34.8 Å². The molecule has 0 unspecified atom stereocenters. The van der Waals surface area contributed by atoms with Gasteiger partial charge in [0, 0.05) is 17.1 Å². The molecule has 2 rings (SSSR count). The summed E-state index contributed by atoms with van der Waals surface area (Å²) in [5, 5.41) is 13.1. The minimum absolute atomic E-state index is 0.167. The van der Waals surface area contributed by atoms with Crippen LogP contribution in [-0.4, -0.2) is 23.2 Å². The van der Waals surface area contributed by atoms with Gasteiger partial charge in [-0.2, -0.15) is 0 Å². The number of carbonyl (C=O) groups excluding carboxylic acids is 1. The van der Waals surface area contributed by atoms with Crippen LogP contribution in [0.5, 0.6) is 0 Å². The second kappa shape index (κ2) is 7.04. The molecule has 108 valence electrons. The fourth-order valence-electron chi connectivity index (χ4n) is 2.47. The molecule has 2 N–H and O–H groups in total. The zero-order valence-electron chi connectivity index (χ0n) is 11.4. The van der Waals surface area contributed by atoms with Gasteiger partial charge in [0.05, 0.1) is 5.60 Å². The van der Waals surface area contributed by atoms with E-state index >= 15 is 0 Å². The largest absolute Gasteiger partial charge is 0.388 e. The normalized spacial score (nSPS) is 18.1. The Bertz CT molecular complexity index is 493. The van der Waals surface area contributed by atoms with Gasteiger partial charge in [-0.15, -0.1) is 0 Å². The van der Waals surface area contributed by atoms with E-state index in [4.69, 9.17) is 0 Å². The van der Waals surface area contributed by atoms with Crippen LogP contribution in [0.25, 0.3) is 6.08 Å². The fraction of sp³-hybridized carbons (Fsp3) is 0.438. The maximum atomic E-state index is 11.8. The predicted molar refractivity (Wildman–Crippen MR) is 84.2 cm³/mol. The molecule has 4 heteroatoms. The molecule has 1 amide bonds. The molecular formula is C16H20BrNO2. The molecule has 0 saturated heterocycles. The average molecular weight is 338 g/mol. The molecule has 0 aromatic heterocycles. The zero-order valence-corrected chi connectivity index (χ0v) is 13.0. The van der Waals surface area contributed by atoms with Crippen molar-refractivity contribution < 1.29 is 9.90 Å². The van der Waals surface area contributed by atoms with E-state index in [9.17, 15) is 9.90 Å². The van der Waals surface area contributed by atoms with E-state index in [-0.39, 0.29) is 5.91 Å². The van der Waals surface area contributed by atoms with Crippen LogP contribution in [-0.2, 0) is 4.79 Å². The highest BCUT2D eigenvalue weighted by Gasteiger charge is 2.29. The van der Waals surface area contributed by atoms with Crippen molar-refractivity contribution in [2.45, 2.75) is 37.7 Å². The number of hydrogen-bond acceptors (Lipinski definition) is 2. The van der Waals surface area contributed by atoms with Crippen LogP contribution in [0.4, 0.5) is 0 Å². The number of nitrogens with one attached hydrogen (secondary N) is 1. The van der Waals surface area contributed by atoms with Crippen molar-refractivity contribution in [1.82, 2.24) is 5.32 Å². The van der Waals surface area contributed by atoms with Crippen molar-refractivity contribution in [2.24, 2.45) is 0 Å². The summed E-state index contributed by atoms with van der Waals surface area (Å²) in [6.07, 6.45) is 8.09. The highest BCUT2D eigenvalue weighted by molar-refractivity contribution is 9.10. The lowest BCUT2D eigenvalue weighted by Crippen LogP contribution is -2.43. The summed E-state index contributed by atoms with van der Waals surface area (Å²) in [5.74, 6) is -0.167. The molecule has 0 heterocycles. The van der Waals surface area contributed by atoms with Gasteiger partial charge in [-0.3, -0.25) is 4.79 Å². The quantitative estimate of drug-likeness (QED) is 0.828. The molecule has 0 aliphatic heterocycles. The Morgan fingerprint density at radius 2 is 2.00 bits per heavy atom. The number of aliphatic hydroxyl groups is 1. The summed E-state index contributed by atoms with van der Waals surface area (Å²) in [7, 11) is 0. The third-order valence-corrected chi connectivity index (χ3v) is 4.42. The van der Waals surface area contributed by atoms with Gasteiger partial charge in [-0.1, -0.05) is 53.4 Å². The SMILES string of the molecule is O=C(C=Cc1ccccc1Br)NCC1(O)CCCCC1. The van der Waals surface area contributed by atoms with Crippen molar-refractivity contribution in [3.8, 4) is 0 Å². The first kappa shape index (κ1) is 15.3. The van der Waals surface area contributed by atoms with Crippen LogP contribution < -0.4 is 5.32 Å². The van der Waals surface area contributed by atoms with E-state index in [1.54, 1.807) is 6.08 Å². The molecule has 0 bridgehead atoms. The Hall–Kier alpha value is -1.13. The molecular weight excluding hydrogens is 318 g/mol. The Labute approximate surface area is 128 Å². The molecule has 1 fully saturated rings. The minimum Gasteiger partial charge on any atom is -0.388 e. The topological polar surface area (TPSA) is 49.3 Å². The first-order valence-electron chi connectivity index (χ1n) is 7.02. The number of benzene rings is 1. The molecule has 1 saturated carbocycles. The van der Waals surface area contributed by atoms with Gasteiger partial charge in [0.2, 0.25) is 5.91 Å². The van der Waals surface area contributed by atoms with Gasteiger partial charge >= 0.3 is 0 Å². The smallest absolute Gasteiger partial charge is 0.244 e. The van der Waals surface area contributed by atoms with Gasteiger partial charge in [0.1, 0.15) is 0 Å². The molecule has 0 spiro atoms. The first-order chi connectivity index (χ1) is 9.59. The third-order valence-electron chi connectivity index (χ3n) is 3.70. The standard InChI is InChI=1S/C16H20BrNO2/c17-14-7-3-2-6-13(14)8-9-15(19)18-12-16(20)10-4-1-5-11-16/h2-3,6-9,20H,1,4-5,10-12H2,(H,18,19). The summed E-state index contributed by atoms with van der Waals surface area (Å²) in [6, 6.07) is 7.72. The molecule has 0 atom stereocenters. The number of halogens is 1. The van der Waals surface area contributed by atoms with Crippen molar-refractivity contribution >= 4 is 27.9 Å². The lowest BCUT2D eigenvalue weighted by molar-refractivity contribution is -0.118. The van der Waals surface area contributed by atoms with E-state index in [1.165, 1.54) is 12.5 Å². The number of carbonyl (C=O) groups is 1. The maximum absolute atomic E-state index is 11.8. The highest BCUT2D eigenvalue weighted by atomic mass is 79.9. The van der Waals surface area contributed by atoms with Gasteiger partial charge in [0.25, 0.3) is 0 Å². The summed E-state index contributed by atoms with van der Waals surface area (Å²) < 4.78 is 0.954. The summed E-state index contributed by atoms with van der Waals surface area (Å²) in [5.41, 5.74) is 0.244. The predicted octanol–water partition coefficient (Wildman–Crippen LogP) is 3.27. The summed E-state index contributed by atoms with van der Waals surface area (Å²) >= 11 is 3.43. The van der Waals surface area contributed by atoms with Crippen molar-refractivity contribution in [1.29, 1.82) is 0 Å². The molecule has 1 aliphatic rings. The van der Waals surface area contributed by atoms with Gasteiger partial charge in [0.15, 0.2) is 0 Å². The van der Waals surface area contributed by atoms with Crippen LogP contribution in [0.1, 0.15) is 37.7 Å². The molecule has 1 aromatic rings. The van der Waals surface area contributed by atoms with Crippen LogP contribution >= 0.6 is 15.9 Å². The van der Waals surface area contributed by atoms with Gasteiger partial charge < -0.3 is 10.4 Å². The van der Waals surface area contributed by atoms with E-state index in [0.717, 1.165) is 35.7 Å². The maximum Gasteiger partial charge on any atom is 0.244 e. The molecule has 1 aromatic carbocycles. The Kier molecular flexibility index (Phi) is 5.38. The molecule has 20 heavy (non-hydrogen) atoms. The zero-order chi connectivity index (χ0) is 14.4. The van der Waals surface area contributed by atoms with Gasteiger partial charge in [-0.05, 0) is 30.5 Å². The highest BCUT2D eigenvalue weighted by Crippen LogP contribution is 2.27. The van der Waals surface area contributed by atoms with E-state index in [2.05, 4.69) is 21.2 Å². The second-order valence-electron chi connectivity index (χ2n) is 5.36.